The lowest BCUT2D eigenvalue weighted by Crippen LogP contribution is -2.25. The van der Waals surface area contributed by atoms with Gasteiger partial charge in [-0.2, -0.15) is 0 Å². The lowest BCUT2D eigenvalue weighted by atomic mass is 9.97. The maximum Gasteiger partial charge on any atom is 0.0409 e. The second kappa shape index (κ2) is 6.64. The van der Waals surface area contributed by atoms with E-state index >= 15 is 0 Å². The zero-order valence-corrected chi connectivity index (χ0v) is 13.2. The van der Waals surface area contributed by atoms with E-state index < -0.39 is 0 Å². The third-order valence-corrected chi connectivity index (χ3v) is 4.65. The Morgan fingerprint density at radius 3 is 2.81 bits per heavy atom. The summed E-state index contributed by atoms with van der Waals surface area (Å²) in [6, 6.07) is 17.8. The van der Waals surface area contributed by atoms with Gasteiger partial charge in [0, 0.05) is 17.1 Å². The van der Waals surface area contributed by atoms with Crippen LogP contribution in [0.15, 0.2) is 48.5 Å². The number of aryl methyl sites for hydroxylation is 1. The van der Waals surface area contributed by atoms with Crippen LogP contribution in [0.1, 0.15) is 55.0 Å². The minimum absolute atomic E-state index is 0.305. The highest BCUT2D eigenvalue weighted by atomic mass is 35.5. The Kier molecular flexibility index (Phi) is 4.62. The van der Waals surface area contributed by atoms with Crippen molar-refractivity contribution in [2.24, 2.45) is 0 Å². The number of fused-ring (bicyclic) bond motifs is 1. The van der Waals surface area contributed by atoms with Crippen LogP contribution >= 0.6 is 11.6 Å². The summed E-state index contributed by atoms with van der Waals surface area (Å²) < 4.78 is 0. The molecule has 0 aromatic heterocycles. The van der Waals surface area contributed by atoms with E-state index in [4.69, 9.17) is 11.6 Å². The minimum Gasteiger partial charge on any atom is -0.303 e. The number of hydrogen-bond donors (Lipinski definition) is 1. The van der Waals surface area contributed by atoms with Crippen LogP contribution in [0.3, 0.4) is 0 Å². The van der Waals surface area contributed by atoms with Crippen LogP contribution in [0, 0.1) is 0 Å². The number of benzene rings is 2. The lowest BCUT2D eigenvalue weighted by molar-refractivity contribution is 0.437. The molecule has 0 amide bonds. The molecular weight excluding hydrogens is 278 g/mol. The molecule has 1 aliphatic carbocycles. The fourth-order valence-electron chi connectivity index (χ4n) is 3.27. The van der Waals surface area contributed by atoms with E-state index in [2.05, 4.69) is 48.6 Å². The third-order valence-electron chi connectivity index (χ3n) is 4.42. The highest BCUT2D eigenvalue weighted by molar-refractivity contribution is 6.30. The van der Waals surface area contributed by atoms with Crippen LogP contribution in [-0.2, 0) is 6.42 Å². The molecule has 1 nitrogen and oxygen atoms in total. The molecule has 2 aromatic carbocycles. The number of rotatable bonds is 3. The van der Waals surface area contributed by atoms with Gasteiger partial charge in [0.1, 0.15) is 0 Å². The highest BCUT2D eigenvalue weighted by Gasteiger charge is 2.20. The van der Waals surface area contributed by atoms with Crippen molar-refractivity contribution >= 4 is 11.6 Å². The Balaban J connectivity index is 1.81. The van der Waals surface area contributed by atoms with Gasteiger partial charge < -0.3 is 5.32 Å². The van der Waals surface area contributed by atoms with Crippen molar-refractivity contribution in [2.45, 2.75) is 44.7 Å². The fourth-order valence-corrected chi connectivity index (χ4v) is 3.47. The molecule has 1 N–H and O–H groups in total. The minimum atomic E-state index is 0.305. The van der Waals surface area contributed by atoms with Crippen molar-refractivity contribution < 1.29 is 0 Å². The van der Waals surface area contributed by atoms with Gasteiger partial charge in [0.2, 0.25) is 0 Å². The zero-order chi connectivity index (χ0) is 14.7. The zero-order valence-electron chi connectivity index (χ0n) is 12.5. The van der Waals surface area contributed by atoms with E-state index in [1.165, 1.54) is 42.4 Å². The summed E-state index contributed by atoms with van der Waals surface area (Å²) in [5.74, 6) is 0. The van der Waals surface area contributed by atoms with Crippen molar-refractivity contribution in [1.29, 1.82) is 0 Å². The summed E-state index contributed by atoms with van der Waals surface area (Å²) in [4.78, 5) is 0. The first-order valence-corrected chi connectivity index (χ1v) is 8.21. The molecule has 110 valence electrons. The molecule has 1 aliphatic rings. The number of hydrogen-bond acceptors (Lipinski definition) is 1. The van der Waals surface area contributed by atoms with Gasteiger partial charge >= 0.3 is 0 Å². The predicted molar refractivity (Wildman–Crippen MR) is 89.7 cm³/mol. The first-order valence-electron chi connectivity index (χ1n) is 7.83. The Morgan fingerprint density at radius 1 is 1.10 bits per heavy atom. The Hall–Kier alpha value is -1.31. The van der Waals surface area contributed by atoms with Crippen LogP contribution in [0.25, 0.3) is 0 Å². The molecule has 0 saturated carbocycles. The van der Waals surface area contributed by atoms with E-state index in [1.54, 1.807) is 0 Å². The molecule has 2 atom stereocenters. The highest BCUT2D eigenvalue weighted by Crippen LogP contribution is 2.31. The molecule has 21 heavy (non-hydrogen) atoms. The quantitative estimate of drug-likeness (QED) is 0.742. The van der Waals surface area contributed by atoms with E-state index in [0.29, 0.717) is 12.1 Å². The Morgan fingerprint density at radius 2 is 1.95 bits per heavy atom. The summed E-state index contributed by atoms with van der Waals surface area (Å²) in [5.41, 5.74) is 4.24. The van der Waals surface area contributed by atoms with Crippen LogP contribution in [0.4, 0.5) is 0 Å². The molecule has 0 bridgehead atoms. The number of nitrogens with one attached hydrogen (secondary N) is 1. The van der Waals surface area contributed by atoms with Gasteiger partial charge in [-0.3, -0.25) is 0 Å². The second-order valence-corrected chi connectivity index (χ2v) is 6.38. The summed E-state index contributed by atoms with van der Waals surface area (Å²) in [6.45, 7) is 2.22. The molecule has 3 rings (SSSR count). The average molecular weight is 300 g/mol. The molecule has 1 unspecified atom stereocenters. The molecule has 0 fully saturated rings. The van der Waals surface area contributed by atoms with Crippen LogP contribution < -0.4 is 5.32 Å². The maximum absolute atomic E-state index is 6.11. The molecule has 0 aliphatic heterocycles. The van der Waals surface area contributed by atoms with Crippen LogP contribution in [0.5, 0.6) is 0 Å². The fraction of sp³-hybridized carbons (Fsp3) is 0.368. The van der Waals surface area contributed by atoms with Gasteiger partial charge in [0.15, 0.2) is 0 Å². The van der Waals surface area contributed by atoms with E-state index in [9.17, 15) is 0 Å². The predicted octanol–water partition coefficient (Wildman–Crippen LogP) is 5.46. The first-order chi connectivity index (χ1) is 10.2. The maximum atomic E-state index is 6.11. The van der Waals surface area contributed by atoms with E-state index in [1.807, 2.05) is 12.1 Å². The monoisotopic (exact) mass is 299 g/mol. The normalized spacial score (nSPS) is 19.6. The van der Waals surface area contributed by atoms with Crippen LogP contribution in [0.2, 0.25) is 5.02 Å². The molecule has 2 heteroatoms. The van der Waals surface area contributed by atoms with E-state index in [0.717, 1.165) is 5.02 Å². The topological polar surface area (TPSA) is 12.0 Å². The summed E-state index contributed by atoms with van der Waals surface area (Å²) >= 11 is 6.11. The Labute approximate surface area is 132 Å². The summed E-state index contributed by atoms with van der Waals surface area (Å²) in [7, 11) is 0. The molecule has 0 radical (unpaired) electrons. The smallest absolute Gasteiger partial charge is 0.0409 e. The lowest BCUT2D eigenvalue weighted by Gasteiger charge is -2.24. The average Bonchev–Trinajstić information content (AvgIpc) is 2.70. The molecule has 2 aromatic rings. The molecule has 0 heterocycles. The van der Waals surface area contributed by atoms with Gasteiger partial charge in [-0.15, -0.1) is 0 Å². The van der Waals surface area contributed by atoms with Gasteiger partial charge in [0.25, 0.3) is 0 Å². The van der Waals surface area contributed by atoms with Crippen molar-refractivity contribution in [3.8, 4) is 0 Å². The van der Waals surface area contributed by atoms with Crippen molar-refractivity contribution in [3.63, 3.8) is 0 Å². The van der Waals surface area contributed by atoms with Gasteiger partial charge in [-0.25, -0.2) is 0 Å². The van der Waals surface area contributed by atoms with Crippen molar-refractivity contribution in [1.82, 2.24) is 5.32 Å². The summed E-state index contributed by atoms with van der Waals surface area (Å²) in [5, 5.41) is 4.61. The first kappa shape index (κ1) is 14.6. The summed E-state index contributed by atoms with van der Waals surface area (Å²) in [6.07, 6.45) is 5.00. The third kappa shape index (κ3) is 3.48. The molecule has 0 saturated heterocycles. The second-order valence-electron chi connectivity index (χ2n) is 5.94. The molecular formula is C19H22ClN. The van der Waals surface area contributed by atoms with Gasteiger partial charge in [0.05, 0.1) is 0 Å². The van der Waals surface area contributed by atoms with Gasteiger partial charge in [-0.05, 0) is 55.0 Å². The Bertz CT molecular complexity index is 608. The van der Waals surface area contributed by atoms with E-state index in [-0.39, 0.29) is 0 Å². The molecule has 0 spiro atoms. The van der Waals surface area contributed by atoms with Crippen LogP contribution in [-0.4, -0.2) is 0 Å². The largest absolute Gasteiger partial charge is 0.303 e. The van der Waals surface area contributed by atoms with Crippen molar-refractivity contribution in [3.05, 3.63) is 70.2 Å². The van der Waals surface area contributed by atoms with Gasteiger partial charge in [-0.1, -0.05) is 54.4 Å². The SMILES string of the molecule is C[C@H](NC1CCCCc2ccccc21)c1cccc(Cl)c1. The van der Waals surface area contributed by atoms with Crippen molar-refractivity contribution in [2.75, 3.05) is 0 Å². The number of halogens is 1. The standard InChI is InChI=1S/C19H22ClN/c1-14(16-9-6-10-17(20)13-16)21-19-12-5-3-8-15-7-2-4-11-18(15)19/h2,4,6-7,9-11,13-14,19,21H,3,5,8,12H2,1H3/t14-,19?/m0/s1.